The number of likely N-dealkylation sites (N-methyl/N-ethyl adjacent to an activating group) is 2. The molecule has 0 aromatic heterocycles. The lowest BCUT2D eigenvalue weighted by Gasteiger charge is -2.45. The lowest BCUT2D eigenvalue weighted by Crippen LogP contribution is -2.64. The minimum atomic E-state index is -1.01. The topological polar surface area (TPSA) is 73.6 Å². The summed E-state index contributed by atoms with van der Waals surface area (Å²) in [4.78, 5) is 29.4. The van der Waals surface area contributed by atoms with Gasteiger partial charge in [0.15, 0.2) is 0 Å². The van der Waals surface area contributed by atoms with Crippen molar-refractivity contribution in [1.29, 1.82) is 5.26 Å². The van der Waals surface area contributed by atoms with Gasteiger partial charge in [0.1, 0.15) is 17.0 Å². The normalized spacial score (nSPS) is 20.7. The number of hydrogen-bond donors (Lipinski definition) is 0. The first kappa shape index (κ1) is 20.2. The molecule has 1 atom stereocenters. The smallest absolute Gasteiger partial charge is 0.271 e. The minimum Gasteiger partial charge on any atom is -0.496 e. The van der Waals surface area contributed by atoms with Crippen molar-refractivity contribution < 1.29 is 14.3 Å². The molecule has 1 fully saturated rings. The molecule has 1 aliphatic rings. The Bertz CT molecular complexity index is 1020. The van der Waals surface area contributed by atoms with E-state index in [2.05, 4.69) is 6.07 Å². The summed E-state index contributed by atoms with van der Waals surface area (Å²) < 4.78 is 5.35. The number of rotatable bonds is 4. The van der Waals surface area contributed by atoms with Crippen LogP contribution in [0.1, 0.15) is 23.6 Å². The van der Waals surface area contributed by atoms with Crippen LogP contribution in [0.5, 0.6) is 5.75 Å². The molecule has 0 radical (unpaired) electrons. The molecule has 6 heteroatoms. The van der Waals surface area contributed by atoms with Crippen LogP contribution in [0.2, 0.25) is 0 Å². The number of methoxy groups -OCH3 is 1. The molecule has 1 aliphatic heterocycles. The molecule has 0 N–H and O–H groups in total. The number of nitriles is 1. The Hall–Kier alpha value is -3.59. The van der Waals surface area contributed by atoms with Crippen LogP contribution in [0.15, 0.2) is 54.2 Å². The van der Waals surface area contributed by atoms with Crippen LogP contribution in [0.4, 0.5) is 0 Å². The summed E-state index contributed by atoms with van der Waals surface area (Å²) in [6, 6.07) is 16.8. The van der Waals surface area contributed by atoms with E-state index in [1.807, 2.05) is 30.3 Å². The number of ether oxygens (including phenoxy) is 1. The Morgan fingerprint density at radius 3 is 2.41 bits per heavy atom. The second-order valence-corrected chi connectivity index (χ2v) is 7.23. The Morgan fingerprint density at radius 1 is 1.10 bits per heavy atom. The fourth-order valence-corrected chi connectivity index (χ4v) is 3.60. The number of amides is 2. The lowest BCUT2D eigenvalue weighted by molar-refractivity contribution is -0.155. The third-order valence-electron chi connectivity index (χ3n) is 5.47. The highest BCUT2D eigenvalue weighted by molar-refractivity contribution is 6.09. The maximum Gasteiger partial charge on any atom is 0.271 e. The largest absolute Gasteiger partial charge is 0.496 e. The van der Waals surface area contributed by atoms with Gasteiger partial charge in [-0.25, -0.2) is 0 Å². The van der Waals surface area contributed by atoms with Crippen molar-refractivity contribution in [2.45, 2.75) is 18.9 Å². The first-order valence-electron chi connectivity index (χ1n) is 9.22. The molecule has 1 heterocycles. The zero-order chi connectivity index (χ0) is 21.2. The maximum absolute atomic E-state index is 13.3. The number of benzene rings is 2. The van der Waals surface area contributed by atoms with Gasteiger partial charge in [-0.15, -0.1) is 0 Å². The summed E-state index contributed by atoms with van der Waals surface area (Å²) in [6.45, 7) is 1.78. The van der Waals surface area contributed by atoms with Crippen molar-refractivity contribution in [3.63, 3.8) is 0 Å². The van der Waals surface area contributed by atoms with E-state index in [1.54, 1.807) is 45.3 Å². The highest BCUT2D eigenvalue weighted by Crippen LogP contribution is 2.33. The SMILES string of the molecule is COc1cccc(C#N)c1/C=C1/C(=O)N(C)C(C)(Cc2ccccc2)C(=O)N1C. The Kier molecular flexibility index (Phi) is 5.42. The van der Waals surface area contributed by atoms with Gasteiger partial charge in [-0.2, -0.15) is 5.26 Å². The van der Waals surface area contributed by atoms with E-state index >= 15 is 0 Å². The van der Waals surface area contributed by atoms with Crippen LogP contribution < -0.4 is 4.74 Å². The zero-order valence-corrected chi connectivity index (χ0v) is 17.0. The van der Waals surface area contributed by atoms with Gasteiger partial charge >= 0.3 is 0 Å². The lowest BCUT2D eigenvalue weighted by atomic mass is 9.87. The molecule has 6 nitrogen and oxygen atoms in total. The molecular formula is C23H23N3O3. The van der Waals surface area contributed by atoms with E-state index < -0.39 is 5.54 Å². The van der Waals surface area contributed by atoms with Gasteiger partial charge in [0.2, 0.25) is 0 Å². The summed E-state index contributed by atoms with van der Waals surface area (Å²) in [7, 11) is 4.72. The molecule has 0 spiro atoms. The van der Waals surface area contributed by atoms with Gasteiger partial charge < -0.3 is 14.5 Å². The standard InChI is InChI=1S/C23H23N3O3/c1-23(14-16-9-6-5-7-10-16)22(28)25(2)19(21(27)26(23)3)13-18-17(15-24)11-8-12-20(18)29-4/h5-13H,14H2,1-4H3/b19-13-. The average molecular weight is 389 g/mol. The molecule has 29 heavy (non-hydrogen) atoms. The summed E-state index contributed by atoms with van der Waals surface area (Å²) >= 11 is 0. The van der Waals surface area contributed by atoms with Gasteiger partial charge in [0.05, 0.1) is 18.7 Å². The van der Waals surface area contributed by atoms with Crippen LogP contribution in [-0.2, 0) is 16.0 Å². The number of carbonyl (C=O) groups is 2. The molecule has 1 saturated heterocycles. The van der Waals surface area contributed by atoms with Crippen molar-refractivity contribution in [3.05, 3.63) is 70.9 Å². The third-order valence-corrected chi connectivity index (χ3v) is 5.47. The maximum atomic E-state index is 13.3. The highest BCUT2D eigenvalue weighted by Gasteiger charge is 2.48. The van der Waals surface area contributed by atoms with E-state index in [-0.39, 0.29) is 17.5 Å². The summed E-state index contributed by atoms with van der Waals surface area (Å²) in [6.07, 6.45) is 1.96. The van der Waals surface area contributed by atoms with Crippen LogP contribution in [0.3, 0.4) is 0 Å². The molecule has 2 amide bonds. The van der Waals surface area contributed by atoms with Crippen molar-refractivity contribution in [2.24, 2.45) is 0 Å². The molecule has 3 rings (SSSR count). The summed E-state index contributed by atoms with van der Waals surface area (Å²) in [5.74, 6) is -0.0195. The molecule has 148 valence electrons. The highest BCUT2D eigenvalue weighted by atomic mass is 16.5. The van der Waals surface area contributed by atoms with Gasteiger partial charge in [-0.1, -0.05) is 36.4 Å². The molecular weight excluding hydrogens is 366 g/mol. The first-order chi connectivity index (χ1) is 13.8. The average Bonchev–Trinajstić information content (AvgIpc) is 2.74. The van der Waals surface area contributed by atoms with Crippen molar-refractivity contribution >= 4 is 17.9 Å². The van der Waals surface area contributed by atoms with Gasteiger partial charge in [-0.3, -0.25) is 9.59 Å². The van der Waals surface area contributed by atoms with Crippen molar-refractivity contribution in [1.82, 2.24) is 9.80 Å². The monoisotopic (exact) mass is 389 g/mol. The summed E-state index contributed by atoms with van der Waals surface area (Å²) in [5, 5.41) is 9.44. The predicted molar refractivity (Wildman–Crippen MR) is 110 cm³/mol. The quantitative estimate of drug-likeness (QED) is 0.754. The van der Waals surface area contributed by atoms with Gasteiger partial charge in [-0.05, 0) is 30.7 Å². The van der Waals surface area contributed by atoms with E-state index in [0.717, 1.165) is 5.56 Å². The third kappa shape index (κ3) is 3.47. The zero-order valence-electron chi connectivity index (χ0n) is 17.0. The van der Waals surface area contributed by atoms with Crippen LogP contribution in [-0.4, -0.2) is 48.4 Å². The molecule has 0 bridgehead atoms. The van der Waals surface area contributed by atoms with Gasteiger partial charge in [0.25, 0.3) is 11.8 Å². The molecule has 0 saturated carbocycles. The fraction of sp³-hybridized carbons (Fsp3) is 0.261. The Balaban J connectivity index is 2.05. The fourth-order valence-electron chi connectivity index (χ4n) is 3.60. The van der Waals surface area contributed by atoms with Crippen LogP contribution in [0, 0.1) is 11.3 Å². The number of piperazine rings is 1. The van der Waals surface area contributed by atoms with Crippen molar-refractivity contribution in [3.8, 4) is 11.8 Å². The Morgan fingerprint density at radius 2 is 1.79 bits per heavy atom. The molecule has 2 aromatic carbocycles. The van der Waals surface area contributed by atoms with E-state index in [4.69, 9.17) is 4.74 Å². The second-order valence-electron chi connectivity index (χ2n) is 7.23. The summed E-state index contributed by atoms with van der Waals surface area (Å²) in [5.41, 5.74) is 0.999. The predicted octanol–water partition coefficient (Wildman–Crippen LogP) is 2.84. The number of hydrogen-bond acceptors (Lipinski definition) is 4. The number of nitrogens with zero attached hydrogens (tertiary/aromatic N) is 3. The molecule has 1 unspecified atom stereocenters. The Labute approximate surface area is 170 Å². The molecule has 0 aliphatic carbocycles. The van der Waals surface area contributed by atoms with Crippen LogP contribution in [0.25, 0.3) is 6.08 Å². The molecule has 2 aromatic rings. The first-order valence-corrected chi connectivity index (χ1v) is 9.22. The second kappa shape index (κ2) is 7.80. The van der Waals surface area contributed by atoms with E-state index in [0.29, 0.717) is 23.3 Å². The minimum absolute atomic E-state index is 0.192. The van der Waals surface area contributed by atoms with Crippen LogP contribution >= 0.6 is 0 Å². The van der Waals surface area contributed by atoms with E-state index in [9.17, 15) is 14.9 Å². The number of carbonyl (C=O) groups excluding carboxylic acids is 2. The van der Waals surface area contributed by atoms with E-state index in [1.165, 1.54) is 16.9 Å². The van der Waals surface area contributed by atoms with Gasteiger partial charge in [0, 0.05) is 26.1 Å². The van der Waals surface area contributed by atoms with Crippen molar-refractivity contribution in [2.75, 3.05) is 21.2 Å².